The Morgan fingerprint density at radius 3 is 2.56 bits per heavy atom. The summed E-state index contributed by atoms with van der Waals surface area (Å²) >= 11 is 0. The lowest BCUT2D eigenvalue weighted by molar-refractivity contribution is -0.139. The monoisotopic (exact) mass is 254 g/mol. The van der Waals surface area contributed by atoms with Crippen LogP contribution in [-0.2, 0) is 4.79 Å². The van der Waals surface area contributed by atoms with Gasteiger partial charge in [0.1, 0.15) is 6.04 Å². The minimum Gasteiger partial charge on any atom is -0.480 e. The van der Waals surface area contributed by atoms with E-state index in [1.165, 1.54) is 0 Å². The molecule has 7 nitrogen and oxygen atoms in total. The number of urea groups is 1. The molecule has 2 amide bonds. The zero-order valence-corrected chi connectivity index (χ0v) is 10.7. The number of aliphatic carboxylic acids is 1. The number of H-pyrrole nitrogens is 1. The van der Waals surface area contributed by atoms with E-state index in [2.05, 4.69) is 20.8 Å². The van der Waals surface area contributed by atoms with Gasteiger partial charge in [-0.3, -0.25) is 5.10 Å². The van der Waals surface area contributed by atoms with Crippen molar-refractivity contribution in [2.75, 3.05) is 5.32 Å². The fourth-order valence-corrected chi connectivity index (χ4v) is 1.59. The second-order valence-corrected chi connectivity index (χ2v) is 4.09. The van der Waals surface area contributed by atoms with Crippen LogP contribution in [-0.4, -0.2) is 33.3 Å². The molecular weight excluding hydrogens is 236 g/mol. The van der Waals surface area contributed by atoms with Gasteiger partial charge in [-0.15, -0.1) is 0 Å². The largest absolute Gasteiger partial charge is 0.480 e. The smallest absolute Gasteiger partial charge is 0.326 e. The number of aryl methyl sites for hydroxylation is 2. The zero-order valence-electron chi connectivity index (χ0n) is 10.7. The molecule has 1 aromatic rings. The molecule has 0 fully saturated rings. The molecule has 0 aliphatic heterocycles. The number of hydrogen-bond donors (Lipinski definition) is 4. The van der Waals surface area contributed by atoms with Gasteiger partial charge in [0, 0.05) is 0 Å². The van der Waals surface area contributed by atoms with Crippen molar-refractivity contribution in [3.05, 3.63) is 11.4 Å². The molecule has 0 aliphatic carbocycles. The molecule has 0 spiro atoms. The Morgan fingerprint density at radius 1 is 1.44 bits per heavy atom. The predicted octanol–water partition coefficient (Wildman–Crippen LogP) is 1.40. The zero-order chi connectivity index (χ0) is 13.7. The van der Waals surface area contributed by atoms with E-state index in [4.69, 9.17) is 5.11 Å². The van der Waals surface area contributed by atoms with Crippen LogP contribution in [0.15, 0.2) is 0 Å². The number of amides is 2. The highest BCUT2D eigenvalue weighted by molar-refractivity contribution is 5.93. The molecule has 0 saturated carbocycles. The van der Waals surface area contributed by atoms with Crippen molar-refractivity contribution >= 4 is 17.7 Å². The third-order valence-electron chi connectivity index (χ3n) is 2.55. The summed E-state index contributed by atoms with van der Waals surface area (Å²) in [5, 5.41) is 20.6. The topological polar surface area (TPSA) is 107 Å². The van der Waals surface area contributed by atoms with E-state index >= 15 is 0 Å². The molecule has 0 unspecified atom stereocenters. The number of aromatic nitrogens is 2. The highest BCUT2D eigenvalue weighted by Crippen LogP contribution is 2.15. The van der Waals surface area contributed by atoms with Crippen LogP contribution in [0.5, 0.6) is 0 Å². The van der Waals surface area contributed by atoms with E-state index in [-0.39, 0.29) is 0 Å². The highest BCUT2D eigenvalue weighted by Gasteiger charge is 2.19. The number of nitrogens with one attached hydrogen (secondary N) is 3. The van der Waals surface area contributed by atoms with Crippen LogP contribution in [0, 0.1) is 13.8 Å². The quantitative estimate of drug-likeness (QED) is 0.637. The van der Waals surface area contributed by atoms with E-state index in [0.717, 1.165) is 5.69 Å². The Balaban J connectivity index is 2.63. The van der Waals surface area contributed by atoms with Crippen molar-refractivity contribution in [1.29, 1.82) is 0 Å². The first-order chi connectivity index (χ1) is 8.45. The SMILES string of the molecule is CCC[C@H](NC(=O)Nc1c(C)n[nH]c1C)C(=O)O. The fourth-order valence-electron chi connectivity index (χ4n) is 1.59. The number of carboxylic acids is 1. The third kappa shape index (κ3) is 3.47. The Bertz CT molecular complexity index is 422. The van der Waals surface area contributed by atoms with Crippen LogP contribution in [0.3, 0.4) is 0 Å². The van der Waals surface area contributed by atoms with Gasteiger partial charge >= 0.3 is 12.0 Å². The normalized spacial score (nSPS) is 11.9. The van der Waals surface area contributed by atoms with E-state index in [1.807, 2.05) is 6.92 Å². The molecule has 1 aromatic heterocycles. The molecule has 1 rings (SSSR count). The van der Waals surface area contributed by atoms with Gasteiger partial charge in [0.05, 0.1) is 17.1 Å². The predicted molar refractivity (Wildman–Crippen MR) is 66.5 cm³/mol. The van der Waals surface area contributed by atoms with Gasteiger partial charge in [-0.2, -0.15) is 5.10 Å². The molecule has 1 heterocycles. The fraction of sp³-hybridized carbons (Fsp3) is 0.545. The van der Waals surface area contributed by atoms with Crippen molar-refractivity contribution in [3.63, 3.8) is 0 Å². The molecular formula is C11H18N4O3. The summed E-state index contributed by atoms with van der Waals surface area (Å²) in [5.41, 5.74) is 1.96. The number of rotatable bonds is 5. The second kappa shape index (κ2) is 6.04. The van der Waals surface area contributed by atoms with Crippen LogP contribution >= 0.6 is 0 Å². The number of anilines is 1. The average molecular weight is 254 g/mol. The van der Waals surface area contributed by atoms with E-state index in [9.17, 15) is 9.59 Å². The molecule has 1 atom stereocenters. The van der Waals surface area contributed by atoms with Gasteiger partial charge in [0.2, 0.25) is 0 Å². The summed E-state index contributed by atoms with van der Waals surface area (Å²) < 4.78 is 0. The molecule has 7 heteroatoms. The standard InChI is InChI=1S/C11H18N4O3/c1-4-5-8(10(16)17)12-11(18)13-9-6(2)14-15-7(9)3/h8H,4-5H2,1-3H3,(H,14,15)(H,16,17)(H2,12,13,18)/t8-/m0/s1. The minimum atomic E-state index is -1.03. The van der Waals surface area contributed by atoms with Crippen LogP contribution in [0.2, 0.25) is 0 Å². The molecule has 0 saturated heterocycles. The molecule has 0 bridgehead atoms. The van der Waals surface area contributed by atoms with Gasteiger partial charge in [-0.05, 0) is 20.3 Å². The lowest BCUT2D eigenvalue weighted by atomic mass is 10.2. The third-order valence-corrected chi connectivity index (χ3v) is 2.55. The average Bonchev–Trinajstić information content (AvgIpc) is 2.60. The summed E-state index contributed by atoms with van der Waals surface area (Å²) in [6, 6.07) is -1.41. The Hall–Kier alpha value is -2.05. The maximum Gasteiger partial charge on any atom is 0.326 e. The summed E-state index contributed by atoms with van der Waals surface area (Å²) in [7, 11) is 0. The van der Waals surface area contributed by atoms with Crippen molar-refractivity contribution in [3.8, 4) is 0 Å². The van der Waals surface area contributed by atoms with Gasteiger partial charge in [-0.25, -0.2) is 9.59 Å². The minimum absolute atomic E-state index is 0.395. The number of carbonyl (C=O) groups excluding carboxylic acids is 1. The first kappa shape index (κ1) is 14.0. The molecule has 100 valence electrons. The van der Waals surface area contributed by atoms with Crippen molar-refractivity contribution < 1.29 is 14.7 Å². The van der Waals surface area contributed by atoms with E-state index in [1.54, 1.807) is 13.8 Å². The van der Waals surface area contributed by atoms with Crippen LogP contribution in [0.25, 0.3) is 0 Å². The summed E-state index contributed by atoms with van der Waals surface area (Å²) in [6.45, 7) is 5.38. The Labute approximate surface area is 105 Å². The number of hydrogen-bond acceptors (Lipinski definition) is 3. The maximum atomic E-state index is 11.7. The van der Waals surface area contributed by atoms with Crippen molar-refractivity contribution in [1.82, 2.24) is 15.5 Å². The number of carboxylic acid groups (broad SMARTS) is 1. The molecule has 0 aromatic carbocycles. The molecule has 0 aliphatic rings. The lowest BCUT2D eigenvalue weighted by Gasteiger charge is -2.14. The van der Waals surface area contributed by atoms with Crippen LogP contribution < -0.4 is 10.6 Å². The van der Waals surface area contributed by atoms with Crippen molar-refractivity contribution in [2.45, 2.75) is 39.7 Å². The first-order valence-electron chi connectivity index (χ1n) is 5.77. The summed E-state index contributed by atoms with van der Waals surface area (Å²) in [4.78, 5) is 22.6. The Morgan fingerprint density at radius 2 is 2.11 bits per heavy atom. The van der Waals surface area contributed by atoms with Gasteiger partial charge in [-0.1, -0.05) is 13.3 Å². The number of nitrogens with zero attached hydrogens (tertiary/aromatic N) is 1. The Kier molecular flexibility index (Phi) is 4.70. The van der Waals surface area contributed by atoms with Gasteiger partial charge in [0.15, 0.2) is 0 Å². The number of carbonyl (C=O) groups is 2. The van der Waals surface area contributed by atoms with Crippen LogP contribution in [0.1, 0.15) is 31.2 Å². The maximum absolute atomic E-state index is 11.7. The molecule has 4 N–H and O–H groups in total. The van der Waals surface area contributed by atoms with Crippen molar-refractivity contribution in [2.24, 2.45) is 0 Å². The summed E-state index contributed by atoms with van der Waals surface area (Å²) in [5.74, 6) is -1.03. The molecule has 18 heavy (non-hydrogen) atoms. The lowest BCUT2D eigenvalue weighted by Crippen LogP contribution is -2.43. The van der Waals surface area contributed by atoms with E-state index in [0.29, 0.717) is 24.2 Å². The van der Waals surface area contributed by atoms with Gasteiger partial charge < -0.3 is 15.7 Å². The molecule has 0 radical (unpaired) electrons. The highest BCUT2D eigenvalue weighted by atomic mass is 16.4. The second-order valence-electron chi connectivity index (χ2n) is 4.09. The van der Waals surface area contributed by atoms with E-state index < -0.39 is 18.0 Å². The van der Waals surface area contributed by atoms with Gasteiger partial charge in [0.25, 0.3) is 0 Å². The number of aromatic amines is 1. The first-order valence-corrected chi connectivity index (χ1v) is 5.77. The van der Waals surface area contributed by atoms with Crippen LogP contribution in [0.4, 0.5) is 10.5 Å². The summed E-state index contributed by atoms with van der Waals surface area (Å²) in [6.07, 6.45) is 1.08.